The van der Waals surface area contributed by atoms with Gasteiger partial charge in [0.05, 0.1) is 12.1 Å². The van der Waals surface area contributed by atoms with Crippen molar-refractivity contribution in [3.05, 3.63) is 0 Å². The Bertz CT molecular complexity index is 647. The van der Waals surface area contributed by atoms with Gasteiger partial charge in [-0.15, -0.1) is 0 Å². The number of amides is 3. The second-order valence-corrected chi connectivity index (χ2v) is 8.67. The number of hydrogen-bond acceptors (Lipinski definition) is 8. The Morgan fingerprint density at radius 2 is 1.32 bits per heavy atom. The molecule has 12 nitrogen and oxygen atoms in total. The van der Waals surface area contributed by atoms with Crippen molar-refractivity contribution in [3.8, 4) is 0 Å². The lowest BCUT2D eigenvalue weighted by Crippen LogP contribution is -2.60. The molecule has 12 heteroatoms. The molecule has 0 aromatic rings. The number of rotatable bonds is 18. The largest absolute Gasteiger partial charge is 0.480 e. The maximum absolute atomic E-state index is 12.9. The minimum Gasteiger partial charge on any atom is -0.480 e. The summed E-state index contributed by atoms with van der Waals surface area (Å²) >= 11 is 0. The quantitative estimate of drug-likeness (QED) is 0.105. The number of aliphatic hydroxyl groups is 1. The standard InChI is InChI=1S/C22H44N6O6/c1-4-13(2)17(22(33)34)27-20(31)16(10-6-8-12-24)26-21(32)18(14(3)29)28-19(30)15(25)9-5-7-11-23/h13-18,29H,4-12,23-25H2,1-3H3,(H,26,32)(H,27,31)(H,28,30)(H,33,34). The molecule has 6 unspecified atom stereocenters. The molecule has 34 heavy (non-hydrogen) atoms. The zero-order valence-corrected chi connectivity index (χ0v) is 20.6. The molecule has 198 valence electrons. The number of nitrogens with two attached hydrogens (primary N) is 3. The molecule has 11 N–H and O–H groups in total. The van der Waals surface area contributed by atoms with Gasteiger partial charge in [-0.25, -0.2) is 4.79 Å². The van der Waals surface area contributed by atoms with Crippen LogP contribution in [-0.4, -0.2) is 77.3 Å². The van der Waals surface area contributed by atoms with Crippen LogP contribution in [0.25, 0.3) is 0 Å². The summed E-state index contributed by atoms with van der Waals surface area (Å²) in [5.41, 5.74) is 16.8. The number of carbonyl (C=O) groups is 4. The van der Waals surface area contributed by atoms with Crippen LogP contribution in [0.3, 0.4) is 0 Å². The van der Waals surface area contributed by atoms with Gasteiger partial charge >= 0.3 is 5.97 Å². The van der Waals surface area contributed by atoms with Gasteiger partial charge in [0.1, 0.15) is 18.1 Å². The molecule has 0 spiro atoms. The number of carboxylic acid groups (broad SMARTS) is 1. The first kappa shape index (κ1) is 31.7. The highest BCUT2D eigenvalue weighted by atomic mass is 16.4. The second kappa shape index (κ2) is 17.2. The van der Waals surface area contributed by atoms with Crippen LogP contribution in [0, 0.1) is 5.92 Å². The molecule has 6 atom stereocenters. The van der Waals surface area contributed by atoms with Gasteiger partial charge in [-0.3, -0.25) is 14.4 Å². The van der Waals surface area contributed by atoms with Gasteiger partial charge in [0.2, 0.25) is 17.7 Å². The second-order valence-electron chi connectivity index (χ2n) is 8.67. The summed E-state index contributed by atoms with van der Waals surface area (Å²) < 4.78 is 0. The zero-order valence-electron chi connectivity index (χ0n) is 20.6. The monoisotopic (exact) mass is 488 g/mol. The number of unbranched alkanes of at least 4 members (excludes halogenated alkanes) is 2. The summed E-state index contributed by atoms with van der Waals surface area (Å²) in [4.78, 5) is 49.8. The van der Waals surface area contributed by atoms with Gasteiger partial charge < -0.3 is 43.4 Å². The number of nitrogens with one attached hydrogen (secondary N) is 3. The molecule has 0 aliphatic heterocycles. The molecule has 0 radical (unpaired) electrons. The van der Waals surface area contributed by atoms with Crippen LogP contribution in [0.5, 0.6) is 0 Å². The number of aliphatic carboxylic acids is 1. The predicted octanol–water partition coefficient (Wildman–Crippen LogP) is -1.46. The lowest BCUT2D eigenvalue weighted by Gasteiger charge is -2.27. The van der Waals surface area contributed by atoms with E-state index in [0.29, 0.717) is 51.6 Å². The van der Waals surface area contributed by atoms with Crippen molar-refractivity contribution in [3.63, 3.8) is 0 Å². The fourth-order valence-electron chi connectivity index (χ4n) is 3.27. The van der Waals surface area contributed by atoms with E-state index in [4.69, 9.17) is 17.2 Å². The van der Waals surface area contributed by atoms with Crippen LogP contribution in [0.15, 0.2) is 0 Å². The number of carbonyl (C=O) groups excluding carboxylic acids is 3. The molecule has 0 aromatic heterocycles. The number of carboxylic acids is 1. The minimum absolute atomic E-state index is 0.209. The normalized spacial score (nSPS) is 16.4. The molecule has 0 aliphatic carbocycles. The zero-order chi connectivity index (χ0) is 26.3. The lowest BCUT2D eigenvalue weighted by molar-refractivity contribution is -0.144. The fraction of sp³-hybridized carbons (Fsp3) is 0.818. The van der Waals surface area contributed by atoms with Crippen molar-refractivity contribution in [2.75, 3.05) is 13.1 Å². The van der Waals surface area contributed by atoms with E-state index in [-0.39, 0.29) is 12.3 Å². The highest BCUT2D eigenvalue weighted by molar-refractivity contribution is 5.94. The Kier molecular flexibility index (Phi) is 16.0. The van der Waals surface area contributed by atoms with Crippen LogP contribution >= 0.6 is 0 Å². The maximum atomic E-state index is 12.9. The molecular formula is C22H44N6O6. The van der Waals surface area contributed by atoms with Gasteiger partial charge in [-0.05, 0) is 58.0 Å². The first-order chi connectivity index (χ1) is 16.0. The Morgan fingerprint density at radius 3 is 1.79 bits per heavy atom. The Labute approximate surface area is 201 Å². The summed E-state index contributed by atoms with van der Waals surface area (Å²) in [7, 11) is 0. The van der Waals surface area contributed by atoms with Crippen molar-refractivity contribution in [1.29, 1.82) is 0 Å². The Morgan fingerprint density at radius 1 is 0.794 bits per heavy atom. The Balaban J connectivity index is 5.40. The first-order valence-corrected chi connectivity index (χ1v) is 12.0. The number of aliphatic hydroxyl groups excluding tert-OH is 1. The Hall–Kier alpha value is -2.28. The molecule has 0 aromatic carbocycles. The highest BCUT2D eigenvalue weighted by Crippen LogP contribution is 2.10. The maximum Gasteiger partial charge on any atom is 0.326 e. The molecule has 3 amide bonds. The third kappa shape index (κ3) is 11.7. The van der Waals surface area contributed by atoms with Gasteiger partial charge in [0.25, 0.3) is 0 Å². The SMILES string of the molecule is CCC(C)C(NC(=O)C(CCCCN)NC(=O)C(NC(=O)C(N)CCCCN)C(C)O)C(=O)O. The van der Waals surface area contributed by atoms with E-state index in [1.54, 1.807) is 6.92 Å². The third-order valence-electron chi connectivity index (χ3n) is 5.73. The van der Waals surface area contributed by atoms with Crippen molar-refractivity contribution in [2.45, 2.75) is 96.0 Å². The smallest absolute Gasteiger partial charge is 0.326 e. The summed E-state index contributed by atoms with van der Waals surface area (Å²) in [6.45, 7) is 5.71. The van der Waals surface area contributed by atoms with E-state index in [2.05, 4.69) is 16.0 Å². The summed E-state index contributed by atoms with van der Waals surface area (Å²) in [6.07, 6.45) is 2.29. The highest BCUT2D eigenvalue weighted by Gasteiger charge is 2.33. The van der Waals surface area contributed by atoms with Crippen LogP contribution in [0.1, 0.15) is 65.7 Å². The van der Waals surface area contributed by atoms with Crippen molar-refractivity contribution in [2.24, 2.45) is 23.1 Å². The van der Waals surface area contributed by atoms with Gasteiger partial charge in [-0.2, -0.15) is 0 Å². The van der Waals surface area contributed by atoms with Crippen molar-refractivity contribution < 1.29 is 29.4 Å². The van der Waals surface area contributed by atoms with Crippen molar-refractivity contribution >= 4 is 23.7 Å². The molecule has 0 aliphatic rings. The van der Waals surface area contributed by atoms with E-state index in [9.17, 15) is 29.4 Å². The van der Waals surface area contributed by atoms with E-state index >= 15 is 0 Å². The average molecular weight is 489 g/mol. The van der Waals surface area contributed by atoms with Crippen LogP contribution in [-0.2, 0) is 19.2 Å². The first-order valence-electron chi connectivity index (χ1n) is 12.0. The van der Waals surface area contributed by atoms with Crippen LogP contribution in [0.4, 0.5) is 0 Å². The van der Waals surface area contributed by atoms with Gasteiger partial charge in [-0.1, -0.05) is 26.7 Å². The molecule has 0 heterocycles. The molecule has 0 saturated heterocycles. The van der Waals surface area contributed by atoms with E-state index in [1.165, 1.54) is 6.92 Å². The van der Waals surface area contributed by atoms with Gasteiger partial charge in [0, 0.05) is 0 Å². The fourth-order valence-corrected chi connectivity index (χ4v) is 3.27. The number of hydrogen-bond donors (Lipinski definition) is 8. The predicted molar refractivity (Wildman–Crippen MR) is 128 cm³/mol. The molecular weight excluding hydrogens is 444 g/mol. The summed E-state index contributed by atoms with van der Waals surface area (Å²) in [5, 5.41) is 27.0. The molecule has 0 bridgehead atoms. The topological polar surface area (TPSA) is 223 Å². The summed E-state index contributed by atoms with van der Waals surface area (Å²) in [5.74, 6) is -3.54. The molecule has 0 rings (SSSR count). The van der Waals surface area contributed by atoms with Crippen molar-refractivity contribution in [1.82, 2.24) is 16.0 Å². The summed E-state index contributed by atoms with van der Waals surface area (Å²) in [6, 6.07) is -4.41. The molecule has 0 saturated carbocycles. The van der Waals surface area contributed by atoms with Crippen LogP contribution < -0.4 is 33.2 Å². The van der Waals surface area contributed by atoms with Crippen LogP contribution in [0.2, 0.25) is 0 Å². The lowest BCUT2D eigenvalue weighted by atomic mass is 9.98. The minimum atomic E-state index is -1.34. The van der Waals surface area contributed by atoms with E-state index < -0.39 is 54.0 Å². The third-order valence-corrected chi connectivity index (χ3v) is 5.73. The average Bonchev–Trinajstić information content (AvgIpc) is 2.78. The van der Waals surface area contributed by atoms with Gasteiger partial charge in [0.15, 0.2) is 0 Å². The van der Waals surface area contributed by atoms with E-state index in [0.717, 1.165) is 0 Å². The molecule has 0 fully saturated rings. The van der Waals surface area contributed by atoms with E-state index in [1.807, 2.05) is 6.92 Å².